The van der Waals surface area contributed by atoms with Crippen LogP contribution in [-0.4, -0.2) is 14.2 Å². The van der Waals surface area contributed by atoms with Crippen molar-refractivity contribution in [1.29, 1.82) is 0 Å². The van der Waals surface area contributed by atoms with Crippen LogP contribution in [0.15, 0.2) is 54.6 Å². The van der Waals surface area contributed by atoms with Crippen molar-refractivity contribution in [3.05, 3.63) is 67.6 Å². The summed E-state index contributed by atoms with van der Waals surface area (Å²) < 4.78 is 45.6. The van der Waals surface area contributed by atoms with Crippen molar-refractivity contribution >= 4 is 30.4 Å². The van der Waals surface area contributed by atoms with Gasteiger partial charge < -0.3 is 0 Å². The third-order valence-electron chi connectivity index (χ3n) is 3.84. The average molecular weight is 492 g/mol. The fourth-order valence-electron chi connectivity index (χ4n) is 2.46. The van der Waals surface area contributed by atoms with E-state index in [2.05, 4.69) is 6.92 Å². The van der Waals surface area contributed by atoms with Crippen LogP contribution in [0.1, 0.15) is 45.4 Å². The number of benzene rings is 2. The molecule has 0 amide bonds. The third-order valence-corrected chi connectivity index (χ3v) is 11.4. The van der Waals surface area contributed by atoms with Crippen LogP contribution in [0, 0.1) is 13.0 Å². The predicted molar refractivity (Wildman–Crippen MR) is 113 cm³/mol. The molecule has 0 radical (unpaired) electrons. The van der Waals surface area contributed by atoms with E-state index in [9.17, 15) is 12.8 Å². The molecule has 0 atom stereocenters. The summed E-state index contributed by atoms with van der Waals surface area (Å²) in [5, 5.41) is 0. The first kappa shape index (κ1) is 21.3. The summed E-state index contributed by atoms with van der Waals surface area (Å²) in [5.74, 6) is -0.297. The molecule has 0 unspecified atom stereocenters. The minimum absolute atomic E-state index is 0.0428. The second-order valence-electron chi connectivity index (χ2n) is 6.07. The zero-order valence-corrected chi connectivity index (χ0v) is 18.0. The van der Waals surface area contributed by atoms with Crippen molar-refractivity contribution in [2.45, 2.75) is 45.4 Å². The molecular formula is C20H26FIO3S. The first-order valence-electron chi connectivity index (χ1n) is 8.95. The van der Waals surface area contributed by atoms with Crippen molar-refractivity contribution in [1.82, 2.24) is 0 Å². The minimum atomic E-state index is -3.60. The van der Waals surface area contributed by atoms with Crippen molar-refractivity contribution in [3.63, 3.8) is 0 Å². The average Bonchev–Trinajstić information content (AvgIpc) is 2.64. The van der Waals surface area contributed by atoms with E-state index >= 15 is 0 Å². The summed E-state index contributed by atoms with van der Waals surface area (Å²) in [6.07, 6.45) is 6.09. The summed E-state index contributed by atoms with van der Waals surface area (Å²) in [6, 6.07) is 15.4. The quantitative estimate of drug-likeness (QED) is 0.286. The molecule has 144 valence electrons. The van der Waals surface area contributed by atoms with Crippen LogP contribution < -0.4 is 0 Å². The Bertz CT molecular complexity index is 748. The molecular weight excluding hydrogens is 466 g/mol. The van der Waals surface area contributed by atoms with E-state index < -0.39 is 30.4 Å². The molecule has 0 aromatic heterocycles. The Hall–Kier alpha value is -0.990. The molecule has 0 saturated heterocycles. The molecule has 26 heavy (non-hydrogen) atoms. The number of hydrogen-bond donors (Lipinski definition) is 0. The Morgan fingerprint density at radius 3 is 2.08 bits per heavy atom. The van der Waals surface area contributed by atoms with E-state index in [1.807, 2.05) is 30.3 Å². The van der Waals surface area contributed by atoms with Gasteiger partial charge in [-0.2, -0.15) is 0 Å². The van der Waals surface area contributed by atoms with Crippen LogP contribution in [-0.2, 0) is 12.6 Å². The van der Waals surface area contributed by atoms with Crippen LogP contribution >= 0.6 is 20.2 Å². The Labute approximate surface area is 164 Å². The van der Waals surface area contributed by atoms with Gasteiger partial charge in [0.2, 0.25) is 0 Å². The molecule has 2 rings (SSSR count). The van der Waals surface area contributed by atoms with Gasteiger partial charge in [-0.15, -0.1) is 0 Å². The number of hydrogen-bond acceptors (Lipinski definition) is 3. The van der Waals surface area contributed by atoms with E-state index in [4.69, 9.17) is 2.51 Å². The molecule has 0 fully saturated rings. The second kappa shape index (κ2) is 11.0. The first-order valence-corrected chi connectivity index (χ1v) is 13.6. The number of halogens is 2. The fourth-order valence-corrected chi connectivity index (χ4v) is 9.65. The van der Waals surface area contributed by atoms with Crippen LogP contribution in [0.3, 0.4) is 0 Å². The molecule has 3 nitrogen and oxygen atoms in total. The van der Waals surface area contributed by atoms with Crippen molar-refractivity contribution < 1.29 is 15.3 Å². The van der Waals surface area contributed by atoms with Crippen LogP contribution in [0.2, 0.25) is 0 Å². The molecule has 0 bridgehead atoms. The van der Waals surface area contributed by atoms with E-state index in [1.54, 1.807) is 12.1 Å². The van der Waals surface area contributed by atoms with Crippen LogP contribution in [0.4, 0.5) is 4.39 Å². The van der Waals surface area contributed by atoms with Gasteiger partial charge in [0.05, 0.1) is 0 Å². The molecule has 0 aliphatic heterocycles. The topological polar surface area (TPSA) is 43.4 Å². The monoisotopic (exact) mass is 492 g/mol. The van der Waals surface area contributed by atoms with Crippen molar-refractivity contribution in [3.8, 4) is 0 Å². The van der Waals surface area contributed by atoms with Gasteiger partial charge in [-0.05, 0) is 0 Å². The van der Waals surface area contributed by atoms with Crippen LogP contribution in [0.25, 0.3) is 0 Å². The summed E-state index contributed by atoms with van der Waals surface area (Å²) >= 11 is -2.63. The van der Waals surface area contributed by atoms with E-state index in [0.29, 0.717) is 6.42 Å². The zero-order chi connectivity index (χ0) is 18.8. The predicted octanol–water partition coefficient (Wildman–Crippen LogP) is 5.99. The maximum atomic E-state index is 13.2. The Morgan fingerprint density at radius 1 is 0.846 bits per heavy atom. The van der Waals surface area contributed by atoms with Crippen molar-refractivity contribution in [2.75, 3.05) is 5.75 Å². The van der Waals surface area contributed by atoms with Gasteiger partial charge in [-0.3, -0.25) is 0 Å². The molecule has 0 aliphatic carbocycles. The standard InChI is InChI=1S/C20H26FIO3S/c1-2-3-4-5-6-10-17-26(23,24)25-22(19-11-8-7-9-12-19)20-15-13-18(21)14-16-20/h7-9,11-16H,2-6,10,17H2,1H3. The van der Waals surface area contributed by atoms with Gasteiger partial charge in [0.25, 0.3) is 0 Å². The van der Waals surface area contributed by atoms with Gasteiger partial charge in [0.15, 0.2) is 0 Å². The summed E-state index contributed by atoms with van der Waals surface area (Å²) in [6.45, 7) is 2.16. The molecule has 0 aliphatic rings. The molecule has 0 saturated carbocycles. The van der Waals surface area contributed by atoms with Gasteiger partial charge in [0.1, 0.15) is 0 Å². The van der Waals surface area contributed by atoms with E-state index in [-0.39, 0.29) is 11.6 Å². The Morgan fingerprint density at radius 2 is 1.42 bits per heavy atom. The molecule has 0 spiro atoms. The number of unbranched alkanes of at least 4 members (excludes halogenated alkanes) is 5. The van der Waals surface area contributed by atoms with Gasteiger partial charge in [-0.1, -0.05) is 0 Å². The first-order chi connectivity index (χ1) is 12.5. The summed E-state index contributed by atoms with van der Waals surface area (Å²) in [5.41, 5.74) is 0. The molecule has 2 aromatic carbocycles. The van der Waals surface area contributed by atoms with E-state index in [1.165, 1.54) is 25.0 Å². The fraction of sp³-hybridized carbons (Fsp3) is 0.400. The molecule has 0 N–H and O–H groups in total. The molecule has 2 aromatic rings. The second-order valence-corrected chi connectivity index (χ2v) is 12.7. The Balaban J connectivity index is 2.05. The maximum absolute atomic E-state index is 13.2. The molecule has 6 heteroatoms. The van der Waals surface area contributed by atoms with Gasteiger partial charge in [-0.25, -0.2) is 0 Å². The van der Waals surface area contributed by atoms with Gasteiger partial charge >= 0.3 is 164 Å². The van der Waals surface area contributed by atoms with Crippen LogP contribution in [0.5, 0.6) is 0 Å². The zero-order valence-electron chi connectivity index (χ0n) is 15.0. The van der Waals surface area contributed by atoms with E-state index in [0.717, 1.165) is 26.4 Å². The van der Waals surface area contributed by atoms with Crippen molar-refractivity contribution in [2.24, 2.45) is 0 Å². The Kier molecular flexibility index (Phi) is 9.01. The van der Waals surface area contributed by atoms with Gasteiger partial charge in [0, 0.05) is 0 Å². The summed E-state index contributed by atoms with van der Waals surface area (Å²) in [4.78, 5) is 0. The normalized spacial score (nSPS) is 12.2. The third kappa shape index (κ3) is 7.32. The SMILES string of the molecule is CCCCCCCCS(=O)(=O)OI(c1ccccc1)c1ccc(F)cc1. The molecule has 0 heterocycles. The number of rotatable bonds is 11. The summed E-state index contributed by atoms with van der Waals surface area (Å²) in [7, 11) is -3.60.